The fourth-order valence-corrected chi connectivity index (χ4v) is 5.42. The van der Waals surface area contributed by atoms with Gasteiger partial charge in [-0.2, -0.15) is 0 Å². The second kappa shape index (κ2) is 8.89. The summed E-state index contributed by atoms with van der Waals surface area (Å²) in [6, 6.07) is 9.06. The van der Waals surface area contributed by atoms with Gasteiger partial charge in [-0.05, 0) is 48.4 Å². The molecule has 0 atom stereocenters. The Bertz CT molecular complexity index is 1260. The van der Waals surface area contributed by atoms with E-state index in [1.165, 1.54) is 44.3 Å². The number of anilines is 2. The number of methoxy groups -OCH3 is 1. The fraction of sp³-hybridized carbons (Fsp3) is 0.350. The van der Waals surface area contributed by atoms with E-state index in [4.69, 9.17) is 16.3 Å². The van der Waals surface area contributed by atoms with E-state index < -0.39 is 32.5 Å². The van der Waals surface area contributed by atoms with Gasteiger partial charge in [0.25, 0.3) is 0 Å². The normalized spacial score (nSPS) is 13.9. The van der Waals surface area contributed by atoms with Crippen LogP contribution in [0.5, 0.6) is 5.75 Å². The van der Waals surface area contributed by atoms with Crippen LogP contribution in [0.2, 0.25) is 5.02 Å². The average molecular weight is 502 g/mol. The Balaban J connectivity index is 1.93. The molecule has 0 fully saturated rings. The van der Waals surface area contributed by atoms with Crippen molar-refractivity contribution in [3.8, 4) is 5.75 Å². The number of hydrogen-bond donors (Lipinski definition) is 0. The molecule has 0 saturated heterocycles. The van der Waals surface area contributed by atoms with Gasteiger partial charge in [-0.25, -0.2) is 21.1 Å². The monoisotopic (exact) mass is 501 g/mol. The van der Waals surface area contributed by atoms with E-state index in [9.17, 15) is 21.6 Å². The molecule has 32 heavy (non-hydrogen) atoms. The SMILES string of the molecule is COc1ccc(Cl)cc1N(CC(=O)N1CCc2cc(S(=O)(=O)N(C)C)ccc21)S(C)(=O)=O. The maximum Gasteiger partial charge on any atom is 0.247 e. The van der Waals surface area contributed by atoms with E-state index in [2.05, 4.69) is 0 Å². The minimum Gasteiger partial charge on any atom is -0.495 e. The zero-order chi connectivity index (χ0) is 23.8. The van der Waals surface area contributed by atoms with Crippen LogP contribution in [0.15, 0.2) is 41.3 Å². The molecule has 2 aromatic rings. The van der Waals surface area contributed by atoms with Gasteiger partial charge in [0.2, 0.25) is 26.0 Å². The van der Waals surface area contributed by atoms with Crippen molar-refractivity contribution in [2.75, 3.05) is 49.8 Å². The standard InChI is InChI=1S/C20H24ClN3O6S2/c1-22(2)32(28,29)16-6-7-17-14(11-16)9-10-23(17)20(25)13-24(31(4,26)27)18-12-15(21)5-8-19(18)30-3/h5-8,11-12H,9-10,13H2,1-4H3. The van der Waals surface area contributed by atoms with Gasteiger partial charge in [0.15, 0.2) is 0 Å². The second-order valence-corrected chi connectivity index (χ2v) is 12.0. The third kappa shape index (κ3) is 4.70. The summed E-state index contributed by atoms with van der Waals surface area (Å²) in [5, 5.41) is 0.294. The molecule has 0 saturated carbocycles. The summed E-state index contributed by atoms with van der Waals surface area (Å²) in [4.78, 5) is 14.7. The quantitative estimate of drug-likeness (QED) is 0.574. The minimum absolute atomic E-state index is 0.136. The van der Waals surface area contributed by atoms with Crippen LogP contribution in [0.25, 0.3) is 0 Å². The van der Waals surface area contributed by atoms with Crippen LogP contribution in [0.1, 0.15) is 5.56 Å². The van der Waals surface area contributed by atoms with Crippen molar-refractivity contribution >= 4 is 48.9 Å². The van der Waals surface area contributed by atoms with Crippen molar-refractivity contribution in [3.05, 3.63) is 47.0 Å². The average Bonchev–Trinajstić information content (AvgIpc) is 3.14. The Morgan fingerprint density at radius 1 is 1.12 bits per heavy atom. The summed E-state index contributed by atoms with van der Waals surface area (Å²) in [6.45, 7) is -0.156. The first kappa shape index (κ1) is 24.3. The Hall–Kier alpha value is -2.34. The van der Waals surface area contributed by atoms with Crippen LogP contribution in [0.3, 0.4) is 0 Å². The molecule has 3 rings (SSSR count). The van der Waals surface area contributed by atoms with E-state index in [1.54, 1.807) is 18.2 Å². The van der Waals surface area contributed by atoms with Crippen molar-refractivity contribution < 1.29 is 26.4 Å². The summed E-state index contributed by atoms with van der Waals surface area (Å²) in [5.74, 6) is -0.201. The van der Waals surface area contributed by atoms with Gasteiger partial charge in [0.05, 0.1) is 23.9 Å². The van der Waals surface area contributed by atoms with Crippen LogP contribution in [-0.4, -0.2) is 67.6 Å². The first-order valence-corrected chi connectivity index (χ1v) is 13.2. The smallest absolute Gasteiger partial charge is 0.247 e. The topological polar surface area (TPSA) is 104 Å². The molecular weight excluding hydrogens is 478 g/mol. The molecule has 0 aromatic heterocycles. The second-order valence-electron chi connectivity index (χ2n) is 7.46. The number of halogens is 1. The van der Waals surface area contributed by atoms with Gasteiger partial charge in [-0.3, -0.25) is 9.10 Å². The lowest BCUT2D eigenvalue weighted by Crippen LogP contribution is -2.42. The maximum absolute atomic E-state index is 13.1. The first-order chi connectivity index (χ1) is 14.9. The number of nitrogens with zero attached hydrogens (tertiary/aromatic N) is 3. The van der Waals surface area contributed by atoms with E-state index in [0.29, 0.717) is 29.2 Å². The lowest BCUT2D eigenvalue weighted by molar-refractivity contribution is -0.117. The number of carbonyl (C=O) groups excluding carboxylic acids is 1. The number of carbonyl (C=O) groups is 1. The van der Waals surface area contributed by atoms with Crippen LogP contribution >= 0.6 is 11.6 Å². The molecule has 1 heterocycles. The van der Waals surface area contributed by atoms with Crippen molar-refractivity contribution in [1.82, 2.24) is 4.31 Å². The van der Waals surface area contributed by atoms with Gasteiger partial charge in [0.1, 0.15) is 12.3 Å². The highest BCUT2D eigenvalue weighted by Crippen LogP contribution is 2.34. The third-order valence-electron chi connectivity index (χ3n) is 5.11. The number of sulfonamides is 2. The van der Waals surface area contributed by atoms with Gasteiger partial charge in [-0.15, -0.1) is 0 Å². The predicted molar refractivity (Wildman–Crippen MR) is 124 cm³/mol. The van der Waals surface area contributed by atoms with E-state index in [0.717, 1.165) is 14.9 Å². The summed E-state index contributed by atoms with van der Waals surface area (Å²) < 4.78 is 57.1. The summed E-state index contributed by atoms with van der Waals surface area (Å²) in [7, 11) is -3.16. The maximum atomic E-state index is 13.1. The number of ether oxygens (including phenoxy) is 1. The van der Waals surface area contributed by atoms with Crippen molar-refractivity contribution in [2.24, 2.45) is 0 Å². The Morgan fingerprint density at radius 2 is 1.81 bits per heavy atom. The number of benzene rings is 2. The number of hydrogen-bond acceptors (Lipinski definition) is 6. The van der Waals surface area contributed by atoms with Crippen LogP contribution in [-0.2, 0) is 31.3 Å². The number of rotatable bonds is 7. The zero-order valence-electron chi connectivity index (χ0n) is 18.1. The lowest BCUT2D eigenvalue weighted by Gasteiger charge is -2.26. The summed E-state index contributed by atoms with van der Waals surface area (Å²) in [6.07, 6.45) is 1.45. The molecule has 0 N–H and O–H groups in total. The first-order valence-electron chi connectivity index (χ1n) is 9.53. The molecule has 0 unspecified atom stereocenters. The molecule has 1 aliphatic heterocycles. The molecule has 12 heteroatoms. The largest absolute Gasteiger partial charge is 0.495 e. The van der Waals surface area contributed by atoms with Gasteiger partial charge in [0, 0.05) is 31.4 Å². The molecule has 9 nitrogen and oxygen atoms in total. The Labute approximate surface area is 193 Å². The molecule has 2 aromatic carbocycles. The number of fused-ring (bicyclic) bond motifs is 1. The molecule has 0 radical (unpaired) electrons. The molecule has 0 spiro atoms. The Morgan fingerprint density at radius 3 is 2.41 bits per heavy atom. The van der Waals surface area contributed by atoms with Crippen molar-refractivity contribution in [3.63, 3.8) is 0 Å². The van der Waals surface area contributed by atoms with Crippen molar-refractivity contribution in [2.45, 2.75) is 11.3 Å². The minimum atomic E-state index is -3.84. The molecule has 1 aliphatic rings. The molecule has 0 bridgehead atoms. The van der Waals surface area contributed by atoms with Gasteiger partial charge >= 0.3 is 0 Å². The fourth-order valence-electron chi connectivity index (χ4n) is 3.46. The highest BCUT2D eigenvalue weighted by molar-refractivity contribution is 7.92. The van der Waals surface area contributed by atoms with E-state index in [1.807, 2.05) is 0 Å². The van der Waals surface area contributed by atoms with Crippen LogP contribution in [0, 0.1) is 0 Å². The van der Waals surface area contributed by atoms with E-state index in [-0.39, 0.29) is 16.3 Å². The molecule has 1 amide bonds. The predicted octanol–water partition coefficient (Wildman–Crippen LogP) is 1.95. The highest BCUT2D eigenvalue weighted by Gasteiger charge is 2.31. The van der Waals surface area contributed by atoms with Gasteiger partial charge in [-0.1, -0.05) is 11.6 Å². The van der Waals surface area contributed by atoms with Crippen LogP contribution in [0.4, 0.5) is 11.4 Å². The van der Waals surface area contributed by atoms with Crippen LogP contribution < -0.4 is 13.9 Å². The number of amides is 1. The van der Waals surface area contributed by atoms with Crippen molar-refractivity contribution in [1.29, 1.82) is 0 Å². The zero-order valence-corrected chi connectivity index (χ0v) is 20.5. The summed E-state index contributed by atoms with van der Waals surface area (Å²) in [5.41, 5.74) is 1.41. The summed E-state index contributed by atoms with van der Waals surface area (Å²) >= 11 is 6.05. The van der Waals surface area contributed by atoms with Gasteiger partial charge < -0.3 is 9.64 Å². The molecule has 174 valence electrons. The highest BCUT2D eigenvalue weighted by atomic mass is 35.5. The Kier molecular flexibility index (Phi) is 6.75. The lowest BCUT2D eigenvalue weighted by atomic mass is 10.2. The van der Waals surface area contributed by atoms with E-state index >= 15 is 0 Å². The molecule has 0 aliphatic carbocycles. The molecular formula is C20H24ClN3O6S2. The third-order valence-corrected chi connectivity index (χ3v) is 8.29.